The van der Waals surface area contributed by atoms with Gasteiger partial charge in [0, 0.05) is 11.5 Å². The molecular weight excluding hydrogens is 288 g/mol. The Kier molecular flexibility index (Phi) is 4.95. The Morgan fingerprint density at radius 2 is 1.76 bits per heavy atom. The summed E-state index contributed by atoms with van der Waals surface area (Å²) in [4.78, 5) is 12.0. The number of rotatable bonds is 1. The van der Waals surface area contributed by atoms with Crippen LogP contribution in [0.5, 0.6) is 0 Å². The summed E-state index contributed by atoms with van der Waals surface area (Å²) in [6.07, 6.45) is 0. The third-order valence-corrected chi connectivity index (χ3v) is 3.42. The van der Waals surface area contributed by atoms with Crippen molar-refractivity contribution in [2.45, 2.75) is 40.4 Å². The van der Waals surface area contributed by atoms with Crippen LogP contribution in [0.25, 0.3) is 0 Å². The van der Waals surface area contributed by atoms with E-state index in [0.717, 1.165) is 12.1 Å². The molecule has 0 spiro atoms. The highest BCUT2D eigenvalue weighted by Crippen LogP contribution is 2.24. The van der Waals surface area contributed by atoms with E-state index in [9.17, 15) is 13.6 Å². The van der Waals surface area contributed by atoms with Crippen molar-refractivity contribution in [3.63, 3.8) is 0 Å². The predicted molar refractivity (Wildman–Crippen MR) is 84.7 cm³/mol. The van der Waals surface area contributed by atoms with Crippen LogP contribution in [0.15, 0.2) is 12.1 Å². The normalized spacial score (nSPS) is 11.6. The van der Waals surface area contributed by atoms with Crippen molar-refractivity contribution in [3.8, 4) is 11.5 Å². The lowest BCUT2D eigenvalue weighted by Crippen LogP contribution is -2.28. The van der Waals surface area contributed by atoms with Gasteiger partial charge in [0.05, 0.1) is 11.3 Å². The van der Waals surface area contributed by atoms with Gasteiger partial charge in [0.15, 0.2) is 5.82 Å². The van der Waals surface area contributed by atoms with Gasteiger partial charge in [-0.2, -0.15) is 0 Å². The molecule has 1 aromatic carbocycles. The zero-order valence-corrected chi connectivity index (χ0v) is 14.3. The summed E-state index contributed by atoms with van der Waals surface area (Å²) >= 11 is 0. The highest BCUT2D eigenvalue weighted by Gasteiger charge is 2.23. The molecule has 0 aliphatic heterocycles. The van der Waals surface area contributed by atoms with Gasteiger partial charge in [-0.25, -0.2) is 8.78 Å². The Labute approximate surface area is 126 Å². The summed E-state index contributed by atoms with van der Waals surface area (Å²) in [6, 6.07) is 1.90. The SMILES string of the molecule is CC(C)(C)C(=O)Nc1c(F)cc(F)cc1C#C[Si](C)(C)C. The summed E-state index contributed by atoms with van der Waals surface area (Å²) in [5.74, 6) is 0.945. The minimum Gasteiger partial charge on any atom is -0.322 e. The number of amides is 1. The third kappa shape index (κ3) is 5.31. The van der Waals surface area contributed by atoms with Gasteiger partial charge in [-0.3, -0.25) is 4.79 Å². The predicted octanol–water partition coefficient (Wildman–Crippen LogP) is 4.18. The van der Waals surface area contributed by atoms with Crippen molar-refractivity contribution in [2.75, 3.05) is 5.32 Å². The zero-order chi connectivity index (χ0) is 16.4. The molecule has 114 valence electrons. The van der Waals surface area contributed by atoms with E-state index in [1.807, 2.05) is 19.6 Å². The first kappa shape index (κ1) is 17.4. The monoisotopic (exact) mass is 309 g/mol. The third-order valence-electron chi connectivity index (χ3n) is 2.55. The number of hydrogen-bond donors (Lipinski definition) is 1. The van der Waals surface area contributed by atoms with E-state index in [0.29, 0.717) is 0 Å². The maximum absolute atomic E-state index is 14.0. The summed E-state index contributed by atoms with van der Waals surface area (Å²) in [7, 11) is -1.69. The van der Waals surface area contributed by atoms with E-state index in [1.54, 1.807) is 20.8 Å². The minimum atomic E-state index is -1.69. The van der Waals surface area contributed by atoms with Crippen LogP contribution in [0.2, 0.25) is 19.6 Å². The Balaban J connectivity index is 3.30. The van der Waals surface area contributed by atoms with Crippen molar-refractivity contribution in [1.29, 1.82) is 0 Å². The number of hydrogen-bond acceptors (Lipinski definition) is 1. The molecule has 0 aliphatic rings. The van der Waals surface area contributed by atoms with Crippen LogP contribution >= 0.6 is 0 Å². The number of benzene rings is 1. The van der Waals surface area contributed by atoms with Crippen molar-refractivity contribution in [3.05, 3.63) is 29.3 Å². The molecule has 0 atom stereocenters. The molecule has 0 saturated heterocycles. The van der Waals surface area contributed by atoms with E-state index in [1.165, 1.54) is 0 Å². The largest absolute Gasteiger partial charge is 0.322 e. The maximum Gasteiger partial charge on any atom is 0.229 e. The fourth-order valence-corrected chi connectivity index (χ4v) is 1.86. The number of carbonyl (C=O) groups is 1. The minimum absolute atomic E-state index is 0.0536. The second-order valence-electron chi connectivity index (χ2n) is 7.01. The molecule has 0 saturated carbocycles. The molecule has 0 unspecified atom stereocenters. The second-order valence-corrected chi connectivity index (χ2v) is 11.8. The molecule has 2 nitrogen and oxygen atoms in total. The van der Waals surface area contributed by atoms with Crippen molar-refractivity contribution < 1.29 is 13.6 Å². The van der Waals surface area contributed by atoms with Gasteiger partial charge in [0.25, 0.3) is 0 Å². The smallest absolute Gasteiger partial charge is 0.229 e. The van der Waals surface area contributed by atoms with Crippen LogP contribution in [0.3, 0.4) is 0 Å². The number of halogens is 2. The average Bonchev–Trinajstić information content (AvgIpc) is 2.27. The Morgan fingerprint density at radius 1 is 1.19 bits per heavy atom. The van der Waals surface area contributed by atoms with Crippen LogP contribution in [0, 0.1) is 28.5 Å². The summed E-state index contributed by atoms with van der Waals surface area (Å²) in [5.41, 5.74) is 2.49. The fourth-order valence-electron chi connectivity index (χ4n) is 1.36. The Bertz CT molecular complexity index is 616. The van der Waals surface area contributed by atoms with E-state index in [-0.39, 0.29) is 17.2 Å². The molecule has 5 heteroatoms. The van der Waals surface area contributed by atoms with Gasteiger partial charge in [0.2, 0.25) is 5.91 Å². The van der Waals surface area contributed by atoms with Gasteiger partial charge in [-0.05, 0) is 6.07 Å². The molecule has 1 aromatic rings. The first-order chi connectivity index (χ1) is 9.40. The van der Waals surface area contributed by atoms with Gasteiger partial charge in [-0.15, -0.1) is 5.54 Å². The van der Waals surface area contributed by atoms with E-state index in [4.69, 9.17) is 0 Å². The van der Waals surface area contributed by atoms with Crippen molar-refractivity contribution in [2.24, 2.45) is 5.41 Å². The lowest BCUT2D eigenvalue weighted by molar-refractivity contribution is -0.123. The molecule has 0 aromatic heterocycles. The molecule has 1 N–H and O–H groups in total. The molecule has 0 fully saturated rings. The van der Waals surface area contributed by atoms with Crippen LogP contribution < -0.4 is 5.32 Å². The fraction of sp³-hybridized carbons (Fsp3) is 0.438. The number of carbonyl (C=O) groups excluding carboxylic acids is 1. The highest BCUT2D eigenvalue weighted by atomic mass is 28.3. The topological polar surface area (TPSA) is 29.1 Å². The first-order valence-electron chi connectivity index (χ1n) is 6.74. The van der Waals surface area contributed by atoms with E-state index >= 15 is 0 Å². The molecule has 0 radical (unpaired) electrons. The lowest BCUT2D eigenvalue weighted by Gasteiger charge is -2.19. The summed E-state index contributed by atoms with van der Waals surface area (Å²) in [6.45, 7) is 11.3. The second kappa shape index (κ2) is 5.98. The van der Waals surface area contributed by atoms with Crippen LogP contribution in [0.4, 0.5) is 14.5 Å². The zero-order valence-electron chi connectivity index (χ0n) is 13.3. The van der Waals surface area contributed by atoms with Crippen LogP contribution in [-0.4, -0.2) is 14.0 Å². The van der Waals surface area contributed by atoms with Crippen LogP contribution in [0.1, 0.15) is 26.3 Å². The number of nitrogens with one attached hydrogen (secondary N) is 1. The molecule has 0 heterocycles. The molecule has 21 heavy (non-hydrogen) atoms. The standard InChI is InChI=1S/C16H21F2NOSi/c1-16(2,3)15(20)19-14-11(7-8-21(4,5)6)9-12(17)10-13(14)18/h9-10H,1-6H3,(H,19,20). The molecule has 0 aliphatic carbocycles. The van der Waals surface area contributed by atoms with E-state index < -0.39 is 25.1 Å². The summed E-state index contributed by atoms with van der Waals surface area (Å²) in [5, 5.41) is 2.51. The molecule has 0 bridgehead atoms. The average molecular weight is 309 g/mol. The van der Waals surface area contributed by atoms with Gasteiger partial charge < -0.3 is 5.32 Å². The Morgan fingerprint density at radius 3 is 2.24 bits per heavy atom. The van der Waals surface area contributed by atoms with E-state index in [2.05, 4.69) is 16.8 Å². The summed E-state index contributed by atoms with van der Waals surface area (Å²) < 4.78 is 27.4. The highest BCUT2D eigenvalue weighted by molar-refractivity contribution is 6.83. The van der Waals surface area contributed by atoms with Gasteiger partial charge >= 0.3 is 0 Å². The first-order valence-corrected chi connectivity index (χ1v) is 10.2. The van der Waals surface area contributed by atoms with Crippen molar-refractivity contribution in [1.82, 2.24) is 0 Å². The van der Waals surface area contributed by atoms with Gasteiger partial charge in [0.1, 0.15) is 13.9 Å². The molecule has 1 rings (SSSR count). The Hall–Kier alpha value is -1.67. The molecule has 1 amide bonds. The lowest BCUT2D eigenvalue weighted by atomic mass is 9.95. The van der Waals surface area contributed by atoms with Crippen molar-refractivity contribution >= 4 is 19.7 Å². The molecular formula is C16H21F2NOSi. The maximum atomic E-state index is 14.0. The van der Waals surface area contributed by atoms with Crippen LogP contribution in [-0.2, 0) is 4.79 Å². The number of anilines is 1. The van der Waals surface area contributed by atoms with Gasteiger partial charge in [-0.1, -0.05) is 46.3 Å². The quantitative estimate of drug-likeness (QED) is 0.612.